The summed E-state index contributed by atoms with van der Waals surface area (Å²) in [6.45, 7) is 1.38. The number of carbonyl (C=O) groups is 3. The lowest BCUT2D eigenvalue weighted by Crippen LogP contribution is -2.22. The quantitative estimate of drug-likeness (QED) is 0.296. The number of ether oxygens (including phenoxy) is 2. The van der Waals surface area contributed by atoms with E-state index < -0.39 is 12.1 Å². The molecule has 0 aromatic rings. The summed E-state index contributed by atoms with van der Waals surface area (Å²) in [5, 5.41) is 0. The maximum Gasteiger partial charge on any atom is 0.354 e. The van der Waals surface area contributed by atoms with E-state index in [4.69, 9.17) is 0 Å². The molecule has 5 nitrogen and oxygen atoms in total. The highest BCUT2D eigenvalue weighted by molar-refractivity contribution is 5.80. The van der Waals surface area contributed by atoms with Gasteiger partial charge in [-0.1, -0.05) is 0 Å². The van der Waals surface area contributed by atoms with E-state index in [0.29, 0.717) is 0 Å². The van der Waals surface area contributed by atoms with Crippen LogP contribution < -0.4 is 0 Å². The van der Waals surface area contributed by atoms with Gasteiger partial charge in [-0.2, -0.15) is 0 Å². The molecule has 10 heavy (non-hydrogen) atoms. The van der Waals surface area contributed by atoms with Crippen molar-refractivity contribution >= 4 is 18.9 Å². The fourth-order valence-electron chi connectivity index (χ4n) is 0.282. The Balaban J connectivity index is 3.68. The molecule has 0 heterocycles. The monoisotopic (exact) mass is 146 g/mol. The second-order valence-corrected chi connectivity index (χ2v) is 1.41. The number of carbonyl (C=O) groups excluding carboxylic acids is 3. The minimum absolute atomic E-state index is 0.0208. The van der Waals surface area contributed by atoms with E-state index in [1.165, 1.54) is 6.92 Å². The first-order chi connectivity index (χ1) is 4.72. The van der Waals surface area contributed by atoms with Crippen molar-refractivity contribution in [2.75, 3.05) is 0 Å². The smallest absolute Gasteiger partial charge is 0.354 e. The summed E-state index contributed by atoms with van der Waals surface area (Å²) < 4.78 is 8.00. The van der Waals surface area contributed by atoms with Gasteiger partial charge in [-0.05, 0) is 6.92 Å². The normalized spacial score (nSPS) is 11.3. The third-order valence-electron chi connectivity index (χ3n) is 0.756. The Morgan fingerprint density at radius 1 is 1.40 bits per heavy atom. The molecular formula is C5H6O5. The summed E-state index contributed by atoms with van der Waals surface area (Å²) in [5.74, 6) is -0.887. The number of hydrogen-bond donors (Lipinski definition) is 0. The van der Waals surface area contributed by atoms with Crippen LogP contribution in [0.3, 0.4) is 0 Å². The van der Waals surface area contributed by atoms with E-state index in [-0.39, 0.29) is 12.9 Å². The molecule has 1 atom stereocenters. The molecule has 0 aromatic carbocycles. The molecule has 0 saturated carbocycles. The molecule has 0 aliphatic rings. The van der Waals surface area contributed by atoms with E-state index in [2.05, 4.69) is 9.47 Å². The van der Waals surface area contributed by atoms with E-state index in [0.717, 1.165) is 0 Å². The minimum atomic E-state index is -1.03. The van der Waals surface area contributed by atoms with Gasteiger partial charge in [0.05, 0.1) is 0 Å². The molecule has 0 aromatic heterocycles. The summed E-state index contributed by atoms with van der Waals surface area (Å²) in [6, 6.07) is 0. The third kappa shape index (κ3) is 2.81. The molecule has 0 N–H and O–H groups in total. The zero-order valence-corrected chi connectivity index (χ0v) is 5.27. The molecule has 5 heteroatoms. The largest absolute Gasteiger partial charge is 0.453 e. The van der Waals surface area contributed by atoms with Crippen LogP contribution in [0.15, 0.2) is 0 Å². The molecule has 0 aliphatic carbocycles. The van der Waals surface area contributed by atoms with Gasteiger partial charge >= 0.3 is 12.4 Å². The minimum Gasteiger partial charge on any atom is -0.453 e. The van der Waals surface area contributed by atoms with Gasteiger partial charge in [0.1, 0.15) is 0 Å². The van der Waals surface area contributed by atoms with Crippen molar-refractivity contribution in [3.05, 3.63) is 0 Å². The molecule has 0 amide bonds. The lowest BCUT2D eigenvalue weighted by molar-refractivity contribution is -0.163. The second-order valence-electron chi connectivity index (χ2n) is 1.41. The van der Waals surface area contributed by atoms with Crippen molar-refractivity contribution in [3.63, 3.8) is 0 Å². The molecule has 0 rings (SSSR count). The summed E-state index contributed by atoms with van der Waals surface area (Å²) in [7, 11) is 0. The first-order valence-corrected chi connectivity index (χ1v) is 2.45. The highest BCUT2D eigenvalue weighted by Crippen LogP contribution is 1.89. The van der Waals surface area contributed by atoms with Crippen LogP contribution in [0.25, 0.3) is 0 Å². The SMILES string of the molecule is CC(OC=O)C(=O)OC=O. The third-order valence-corrected chi connectivity index (χ3v) is 0.756. The Kier molecular flexibility index (Phi) is 3.86. The topological polar surface area (TPSA) is 69.7 Å². The number of rotatable bonds is 4. The van der Waals surface area contributed by atoms with Crippen LogP contribution in [0, 0.1) is 0 Å². The Morgan fingerprint density at radius 2 is 2.00 bits per heavy atom. The van der Waals surface area contributed by atoms with Crippen LogP contribution in [0.4, 0.5) is 0 Å². The first-order valence-electron chi connectivity index (χ1n) is 2.45. The predicted octanol–water partition coefficient (Wildman–Crippen LogP) is -0.753. The Labute approximate surface area is 56.9 Å². The molecular weight excluding hydrogens is 140 g/mol. The summed E-state index contributed by atoms with van der Waals surface area (Å²) >= 11 is 0. The first kappa shape index (κ1) is 8.61. The van der Waals surface area contributed by atoms with Gasteiger partial charge in [-0.25, -0.2) is 4.79 Å². The predicted molar refractivity (Wildman–Crippen MR) is 28.8 cm³/mol. The van der Waals surface area contributed by atoms with Gasteiger partial charge in [-0.3, -0.25) is 9.59 Å². The van der Waals surface area contributed by atoms with Gasteiger partial charge in [0, 0.05) is 0 Å². The zero-order valence-electron chi connectivity index (χ0n) is 5.27. The maximum absolute atomic E-state index is 10.4. The Morgan fingerprint density at radius 3 is 2.40 bits per heavy atom. The summed E-state index contributed by atoms with van der Waals surface area (Å²) in [4.78, 5) is 29.5. The molecule has 0 aliphatic heterocycles. The van der Waals surface area contributed by atoms with E-state index >= 15 is 0 Å². The van der Waals surface area contributed by atoms with Crippen LogP contribution in [0.1, 0.15) is 6.92 Å². The number of hydrogen-bond acceptors (Lipinski definition) is 5. The van der Waals surface area contributed by atoms with Crippen molar-refractivity contribution < 1.29 is 23.9 Å². The summed E-state index contributed by atoms with van der Waals surface area (Å²) in [5.41, 5.74) is 0. The second kappa shape index (κ2) is 4.49. The van der Waals surface area contributed by atoms with E-state index in [9.17, 15) is 14.4 Å². The number of esters is 1. The van der Waals surface area contributed by atoms with Gasteiger partial charge in [0.2, 0.25) is 0 Å². The molecule has 0 saturated heterocycles. The van der Waals surface area contributed by atoms with Gasteiger partial charge in [-0.15, -0.1) is 0 Å². The van der Waals surface area contributed by atoms with E-state index in [1.54, 1.807) is 0 Å². The highest BCUT2D eigenvalue weighted by Gasteiger charge is 2.13. The van der Waals surface area contributed by atoms with E-state index in [1.807, 2.05) is 0 Å². The highest BCUT2D eigenvalue weighted by atomic mass is 16.6. The van der Waals surface area contributed by atoms with Crippen LogP contribution in [0.2, 0.25) is 0 Å². The average molecular weight is 146 g/mol. The molecule has 0 spiro atoms. The average Bonchev–Trinajstić information content (AvgIpc) is 1.89. The molecule has 56 valence electrons. The van der Waals surface area contributed by atoms with Crippen LogP contribution >= 0.6 is 0 Å². The van der Waals surface area contributed by atoms with Gasteiger partial charge in [0.15, 0.2) is 6.10 Å². The van der Waals surface area contributed by atoms with Gasteiger partial charge < -0.3 is 9.47 Å². The maximum atomic E-state index is 10.4. The van der Waals surface area contributed by atoms with Crippen molar-refractivity contribution in [2.24, 2.45) is 0 Å². The lowest BCUT2D eigenvalue weighted by atomic mass is 10.4. The summed E-state index contributed by atoms with van der Waals surface area (Å²) in [6.07, 6.45) is -1.03. The van der Waals surface area contributed by atoms with Crippen molar-refractivity contribution in [2.45, 2.75) is 13.0 Å². The Hall–Kier alpha value is -1.39. The van der Waals surface area contributed by atoms with Crippen molar-refractivity contribution in [3.8, 4) is 0 Å². The standard InChI is InChI=1S/C5H6O5/c1-4(9-2-6)5(8)10-3-7/h2-4H,1H3. The molecule has 0 bridgehead atoms. The molecule has 0 fully saturated rings. The van der Waals surface area contributed by atoms with Crippen LogP contribution in [-0.2, 0) is 23.9 Å². The van der Waals surface area contributed by atoms with Crippen LogP contribution in [-0.4, -0.2) is 25.0 Å². The van der Waals surface area contributed by atoms with Crippen molar-refractivity contribution in [1.29, 1.82) is 0 Å². The lowest BCUT2D eigenvalue weighted by Gasteiger charge is -2.03. The van der Waals surface area contributed by atoms with Crippen molar-refractivity contribution in [1.82, 2.24) is 0 Å². The zero-order chi connectivity index (χ0) is 7.98. The van der Waals surface area contributed by atoms with Gasteiger partial charge in [0.25, 0.3) is 6.47 Å². The fourth-order valence-corrected chi connectivity index (χ4v) is 0.282. The molecule has 0 radical (unpaired) electrons. The van der Waals surface area contributed by atoms with Crippen LogP contribution in [0.5, 0.6) is 0 Å². The Bertz CT molecular complexity index is 141. The fraction of sp³-hybridized carbons (Fsp3) is 0.400. The molecule has 1 unspecified atom stereocenters.